The van der Waals surface area contributed by atoms with Gasteiger partial charge in [-0.25, -0.2) is 0 Å². The van der Waals surface area contributed by atoms with Crippen molar-refractivity contribution in [2.45, 2.75) is 51.2 Å². The van der Waals surface area contributed by atoms with Gasteiger partial charge in [0.05, 0.1) is 0 Å². The molecule has 0 bridgehead atoms. The molecule has 23 heavy (non-hydrogen) atoms. The Morgan fingerprint density at radius 2 is 1.39 bits per heavy atom. The van der Waals surface area contributed by atoms with Crippen molar-refractivity contribution in [1.82, 2.24) is 4.90 Å². The zero-order valence-electron chi connectivity index (χ0n) is 13.9. The smallest absolute Gasteiger partial charge is 0.129 e. The van der Waals surface area contributed by atoms with E-state index in [9.17, 15) is 4.79 Å². The van der Waals surface area contributed by atoms with Gasteiger partial charge in [-0.15, -0.1) is 0 Å². The zero-order valence-corrected chi connectivity index (χ0v) is 13.9. The molecule has 2 heteroatoms. The third kappa shape index (κ3) is 4.29. The fourth-order valence-corrected chi connectivity index (χ4v) is 3.28. The summed E-state index contributed by atoms with van der Waals surface area (Å²) in [7, 11) is 0. The summed E-state index contributed by atoms with van der Waals surface area (Å²) in [5.41, 5.74) is 2.91. The van der Waals surface area contributed by atoms with Crippen LogP contribution in [-0.2, 0) is 17.9 Å². The van der Waals surface area contributed by atoms with Crippen LogP contribution in [0.1, 0.15) is 43.7 Å². The fourth-order valence-electron chi connectivity index (χ4n) is 3.28. The summed E-state index contributed by atoms with van der Waals surface area (Å²) < 4.78 is 0. The van der Waals surface area contributed by atoms with Crippen molar-refractivity contribution >= 4 is 5.78 Å². The first-order valence-corrected chi connectivity index (χ1v) is 8.50. The molecule has 0 heterocycles. The Balaban J connectivity index is 1.77. The highest BCUT2D eigenvalue weighted by Gasteiger charge is 2.47. The molecule has 0 amide bonds. The number of Topliss-reactive ketones (excluding diaryl/α,β-unsaturated/α-hetero) is 1. The molecule has 0 saturated heterocycles. The molecule has 2 aromatic carbocycles. The van der Waals surface area contributed by atoms with Crippen LogP contribution in [0.3, 0.4) is 0 Å². The second-order valence-corrected chi connectivity index (χ2v) is 6.75. The molecule has 0 radical (unpaired) electrons. The third-order valence-corrected chi connectivity index (χ3v) is 4.87. The van der Waals surface area contributed by atoms with Crippen molar-refractivity contribution in [3.8, 4) is 0 Å². The molecule has 0 N–H and O–H groups in total. The number of carbonyl (C=O) groups is 1. The Bertz CT molecular complexity index is 590. The Kier molecular flexibility index (Phi) is 4.92. The van der Waals surface area contributed by atoms with Crippen molar-refractivity contribution in [3.63, 3.8) is 0 Å². The Morgan fingerprint density at radius 1 is 0.913 bits per heavy atom. The van der Waals surface area contributed by atoms with Crippen molar-refractivity contribution in [2.75, 3.05) is 0 Å². The maximum atomic E-state index is 11.4. The van der Waals surface area contributed by atoms with Crippen LogP contribution < -0.4 is 0 Å². The largest absolute Gasteiger partial charge is 0.300 e. The second-order valence-electron chi connectivity index (χ2n) is 6.75. The minimum atomic E-state index is 0.220. The topological polar surface area (TPSA) is 20.3 Å². The highest BCUT2D eigenvalue weighted by Crippen LogP contribution is 2.47. The fraction of sp³-hybridized carbons (Fsp3) is 0.381. The number of hydrogen-bond acceptors (Lipinski definition) is 2. The standard InChI is InChI=1S/C21H25NO/c1-18(23)12-13-21(14-15-21)22(16-19-8-4-2-5-9-19)17-20-10-6-3-7-11-20/h2-11H,12-17H2,1H3. The van der Waals surface area contributed by atoms with Crippen LogP contribution in [0, 0.1) is 0 Å². The van der Waals surface area contributed by atoms with Gasteiger partial charge < -0.3 is 4.79 Å². The summed E-state index contributed by atoms with van der Waals surface area (Å²) in [5.74, 6) is 0.302. The first-order valence-electron chi connectivity index (χ1n) is 8.50. The van der Waals surface area contributed by atoms with Crippen LogP contribution in [0.2, 0.25) is 0 Å². The summed E-state index contributed by atoms with van der Waals surface area (Å²) in [6, 6.07) is 21.3. The van der Waals surface area contributed by atoms with Crippen molar-refractivity contribution < 1.29 is 4.79 Å². The molecule has 0 aliphatic heterocycles. The van der Waals surface area contributed by atoms with E-state index in [0.29, 0.717) is 12.2 Å². The summed E-state index contributed by atoms with van der Waals surface area (Å²) in [4.78, 5) is 14.0. The van der Waals surface area contributed by atoms with Gasteiger partial charge in [-0.2, -0.15) is 0 Å². The molecule has 1 saturated carbocycles. The van der Waals surface area contributed by atoms with Crippen molar-refractivity contribution in [3.05, 3.63) is 71.8 Å². The minimum absolute atomic E-state index is 0.220. The molecule has 0 unspecified atom stereocenters. The van der Waals surface area contributed by atoms with Gasteiger partial charge in [-0.1, -0.05) is 60.7 Å². The molecule has 1 aliphatic rings. The molecular formula is C21H25NO. The normalized spacial score (nSPS) is 15.6. The van der Waals surface area contributed by atoms with Gasteiger partial charge in [0.1, 0.15) is 5.78 Å². The van der Waals surface area contributed by atoms with Gasteiger partial charge in [-0.3, -0.25) is 4.90 Å². The zero-order chi connectivity index (χ0) is 16.1. The van der Waals surface area contributed by atoms with E-state index >= 15 is 0 Å². The summed E-state index contributed by atoms with van der Waals surface area (Å²) in [5, 5.41) is 0. The molecule has 120 valence electrons. The SMILES string of the molecule is CC(=O)CCC1(N(Cc2ccccc2)Cc2ccccc2)CC1. The van der Waals surface area contributed by atoms with Crippen LogP contribution in [0.5, 0.6) is 0 Å². The lowest BCUT2D eigenvalue weighted by Gasteiger charge is -2.32. The second kappa shape index (κ2) is 7.10. The molecule has 2 nitrogen and oxygen atoms in total. The highest BCUT2D eigenvalue weighted by atomic mass is 16.1. The number of nitrogens with zero attached hydrogens (tertiary/aromatic N) is 1. The van der Waals surface area contributed by atoms with E-state index in [1.54, 1.807) is 6.92 Å². The van der Waals surface area contributed by atoms with Gasteiger partial charge in [0.15, 0.2) is 0 Å². The average Bonchev–Trinajstić information content (AvgIpc) is 3.36. The lowest BCUT2D eigenvalue weighted by Crippen LogP contribution is -2.36. The molecule has 1 aliphatic carbocycles. The van der Waals surface area contributed by atoms with Crippen molar-refractivity contribution in [1.29, 1.82) is 0 Å². The van der Waals surface area contributed by atoms with E-state index in [2.05, 4.69) is 65.6 Å². The van der Waals surface area contributed by atoms with Crippen LogP contribution in [0.25, 0.3) is 0 Å². The molecule has 0 atom stereocenters. The molecule has 1 fully saturated rings. The van der Waals surface area contributed by atoms with Gasteiger partial charge in [0, 0.05) is 25.0 Å². The first kappa shape index (κ1) is 15.9. The van der Waals surface area contributed by atoms with Gasteiger partial charge in [-0.05, 0) is 37.3 Å². The minimum Gasteiger partial charge on any atom is -0.300 e. The van der Waals surface area contributed by atoms with E-state index in [4.69, 9.17) is 0 Å². The number of ketones is 1. The van der Waals surface area contributed by atoms with Gasteiger partial charge in [0.25, 0.3) is 0 Å². The average molecular weight is 307 g/mol. The van der Waals surface area contributed by atoms with E-state index < -0.39 is 0 Å². The van der Waals surface area contributed by atoms with Crippen LogP contribution in [0.4, 0.5) is 0 Å². The highest BCUT2D eigenvalue weighted by molar-refractivity contribution is 5.75. The quantitative estimate of drug-likeness (QED) is 0.711. The van der Waals surface area contributed by atoms with E-state index in [-0.39, 0.29) is 5.54 Å². The van der Waals surface area contributed by atoms with E-state index in [1.807, 2.05) is 0 Å². The first-order chi connectivity index (χ1) is 11.2. The molecule has 0 aromatic heterocycles. The maximum absolute atomic E-state index is 11.4. The van der Waals surface area contributed by atoms with Gasteiger partial charge in [0.2, 0.25) is 0 Å². The Labute approximate surface area is 139 Å². The molecular weight excluding hydrogens is 282 g/mol. The Hall–Kier alpha value is -1.93. The van der Waals surface area contributed by atoms with Crippen molar-refractivity contribution in [2.24, 2.45) is 0 Å². The predicted molar refractivity (Wildman–Crippen MR) is 94.0 cm³/mol. The van der Waals surface area contributed by atoms with Crippen LogP contribution in [-0.4, -0.2) is 16.2 Å². The summed E-state index contributed by atoms with van der Waals surface area (Å²) in [6.45, 7) is 3.61. The number of hydrogen-bond donors (Lipinski definition) is 0. The predicted octanol–water partition coefficient (Wildman–Crippen LogP) is 4.59. The third-order valence-electron chi connectivity index (χ3n) is 4.87. The monoisotopic (exact) mass is 307 g/mol. The summed E-state index contributed by atoms with van der Waals surface area (Å²) >= 11 is 0. The van der Waals surface area contributed by atoms with E-state index in [1.165, 1.54) is 24.0 Å². The lowest BCUT2D eigenvalue weighted by molar-refractivity contribution is -0.117. The molecule has 0 spiro atoms. The van der Waals surface area contributed by atoms with Crippen LogP contribution >= 0.6 is 0 Å². The Morgan fingerprint density at radius 3 is 1.78 bits per heavy atom. The molecule has 2 aromatic rings. The number of carbonyl (C=O) groups excluding carboxylic acids is 1. The van der Waals surface area contributed by atoms with Gasteiger partial charge >= 0.3 is 0 Å². The van der Waals surface area contributed by atoms with E-state index in [0.717, 1.165) is 19.5 Å². The summed E-state index contributed by atoms with van der Waals surface area (Å²) in [6.07, 6.45) is 4.10. The maximum Gasteiger partial charge on any atom is 0.129 e. The molecule has 3 rings (SSSR count). The van der Waals surface area contributed by atoms with Crippen LogP contribution in [0.15, 0.2) is 60.7 Å². The lowest BCUT2D eigenvalue weighted by atomic mass is 10.0. The number of benzene rings is 2. The number of rotatable bonds is 8.